The molecule has 1 heterocycles. The zero-order valence-electron chi connectivity index (χ0n) is 8.64. The minimum absolute atomic E-state index is 0.539. The van der Waals surface area contributed by atoms with Gasteiger partial charge in [0.25, 0.3) is 0 Å². The molecular weight excluding hydrogens is 268 g/mol. The fourth-order valence-corrected chi connectivity index (χ4v) is 1.82. The highest BCUT2D eigenvalue weighted by Gasteiger charge is 2.04. The van der Waals surface area contributed by atoms with Crippen LogP contribution in [0.15, 0.2) is 53.3 Å². The van der Waals surface area contributed by atoms with Crippen LogP contribution in [0.25, 0.3) is 0 Å². The Labute approximate surface area is 103 Å². The zero-order valence-corrected chi connectivity index (χ0v) is 10.2. The summed E-state index contributed by atoms with van der Waals surface area (Å²) in [7, 11) is 0. The van der Waals surface area contributed by atoms with Crippen LogP contribution in [0.4, 0.5) is 0 Å². The molecule has 0 bridgehead atoms. The van der Waals surface area contributed by atoms with E-state index in [1.807, 2.05) is 36.4 Å². The van der Waals surface area contributed by atoms with Crippen molar-refractivity contribution in [3.8, 4) is 5.75 Å². The number of rotatable bonds is 3. The predicted molar refractivity (Wildman–Crippen MR) is 65.3 cm³/mol. The molecule has 82 valence electrons. The van der Waals surface area contributed by atoms with Gasteiger partial charge in [-0.1, -0.05) is 35.0 Å². The van der Waals surface area contributed by atoms with E-state index in [9.17, 15) is 0 Å². The Hall–Kier alpha value is -1.55. The second-order valence-corrected chi connectivity index (χ2v) is 4.33. The molecule has 0 saturated heterocycles. The number of benzene rings is 1. The molecular formula is C12H12BrN2O+. The third-order valence-corrected chi connectivity index (χ3v) is 2.51. The molecule has 0 spiro atoms. The molecule has 0 radical (unpaired) electrons. The van der Waals surface area contributed by atoms with E-state index in [1.165, 1.54) is 4.68 Å². The summed E-state index contributed by atoms with van der Waals surface area (Å²) in [5.41, 5.74) is 1.13. The Balaban J connectivity index is 2.05. The first-order valence-electron chi connectivity index (χ1n) is 4.88. The van der Waals surface area contributed by atoms with E-state index in [-0.39, 0.29) is 0 Å². The SMILES string of the molecule is N[n+]1cc(Br)cc(OCc2ccccc2)c1. The maximum Gasteiger partial charge on any atom is 0.240 e. The van der Waals surface area contributed by atoms with Crippen molar-refractivity contribution in [1.82, 2.24) is 0 Å². The largest absolute Gasteiger partial charge is 0.483 e. The number of nitrogens with two attached hydrogens (primary N) is 1. The summed E-state index contributed by atoms with van der Waals surface area (Å²) in [5, 5.41) is 0. The van der Waals surface area contributed by atoms with Crippen molar-refractivity contribution in [3.63, 3.8) is 0 Å². The van der Waals surface area contributed by atoms with Crippen molar-refractivity contribution in [3.05, 3.63) is 58.8 Å². The standard InChI is InChI=1S/C12H12BrN2O/c13-11-6-12(8-15(14)7-11)16-9-10-4-2-1-3-5-10/h1-8H,9,14H2/q+1. The molecule has 0 unspecified atom stereocenters. The molecule has 2 N–H and O–H groups in total. The lowest BCUT2D eigenvalue weighted by molar-refractivity contribution is -0.639. The van der Waals surface area contributed by atoms with Gasteiger partial charge in [-0.15, -0.1) is 0 Å². The fraction of sp³-hybridized carbons (Fsp3) is 0.0833. The van der Waals surface area contributed by atoms with Crippen LogP contribution in [0.2, 0.25) is 0 Å². The van der Waals surface area contributed by atoms with Gasteiger partial charge in [0.15, 0.2) is 5.75 Å². The van der Waals surface area contributed by atoms with Gasteiger partial charge in [0.1, 0.15) is 6.61 Å². The molecule has 1 aromatic carbocycles. The Bertz CT molecular complexity index is 453. The van der Waals surface area contributed by atoms with Crippen LogP contribution in [-0.4, -0.2) is 0 Å². The maximum absolute atomic E-state index is 5.64. The number of hydrogen-bond donors (Lipinski definition) is 1. The maximum atomic E-state index is 5.64. The van der Waals surface area contributed by atoms with Crippen molar-refractivity contribution >= 4 is 15.9 Å². The molecule has 2 aromatic rings. The van der Waals surface area contributed by atoms with Gasteiger partial charge in [-0.25, -0.2) is 5.84 Å². The number of nitrogens with zero attached hydrogens (tertiary/aromatic N) is 1. The molecule has 0 fully saturated rings. The first kappa shape index (κ1) is 11.0. The van der Waals surface area contributed by atoms with Gasteiger partial charge in [0.05, 0.1) is 4.47 Å². The second kappa shape index (κ2) is 4.99. The van der Waals surface area contributed by atoms with Gasteiger partial charge >= 0.3 is 0 Å². The van der Waals surface area contributed by atoms with Gasteiger partial charge in [0.2, 0.25) is 12.4 Å². The Morgan fingerprint density at radius 2 is 1.94 bits per heavy atom. The second-order valence-electron chi connectivity index (χ2n) is 3.41. The molecule has 0 amide bonds. The first-order chi connectivity index (χ1) is 7.74. The summed E-state index contributed by atoms with van der Waals surface area (Å²) in [5.74, 6) is 6.37. The molecule has 4 heteroatoms. The van der Waals surface area contributed by atoms with E-state index in [4.69, 9.17) is 10.6 Å². The molecule has 0 saturated carbocycles. The van der Waals surface area contributed by atoms with Crippen molar-refractivity contribution in [1.29, 1.82) is 0 Å². The highest BCUT2D eigenvalue weighted by atomic mass is 79.9. The van der Waals surface area contributed by atoms with Gasteiger partial charge in [-0.2, -0.15) is 0 Å². The van der Waals surface area contributed by atoms with Crippen LogP contribution in [0.5, 0.6) is 5.75 Å². The average molecular weight is 280 g/mol. The fourth-order valence-electron chi connectivity index (χ4n) is 1.36. The van der Waals surface area contributed by atoms with E-state index < -0.39 is 0 Å². The van der Waals surface area contributed by atoms with Crippen LogP contribution in [0, 0.1) is 0 Å². The smallest absolute Gasteiger partial charge is 0.240 e. The molecule has 0 aliphatic heterocycles. The molecule has 0 aliphatic rings. The number of halogens is 1. The number of hydrogen-bond acceptors (Lipinski definition) is 2. The molecule has 1 aromatic heterocycles. The summed E-state index contributed by atoms with van der Waals surface area (Å²) >= 11 is 3.36. The summed E-state index contributed by atoms with van der Waals surface area (Å²) in [6, 6.07) is 11.9. The quantitative estimate of drug-likeness (QED) is 0.690. The summed E-state index contributed by atoms with van der Waals surface area (Å²) in [6.07, 6.45) is 3.49. The molecule has 0 aliphatic carbocycles. The molecule has 3 nitrogen and oxygen atoms in total. The minimum atomic E-state index is 0.539. The van der Waals surface area contributed by atoms with E-state index >= 15 is 0 Å². The zero-order chi connectivity index (χ0) is 11.4. The monoisotopic (exact) mass is 279 g/mol. The topological polar surface area (TPSA) is 39.1 Å². The van der Waals surface area contributed by atoms with Crippen LogP contribution >= 0.6 is 15.9 Å². The molecule has 0 atom stereocenters. The Kier molecular flexibility index (Phi) is 3.41. The first-order valence-corrected chi connectivity index (χ1v) is 5.67. The molecule has 2 rings (SSSR count). The van der Waals surface area contributed by atoms with Crippen molar-refractivity contribution in [2.24, 2.45) is 0 Å². The summed E-state index contributed by atoms with van der Waals surface area (Å²) in [6.45, 7) is 0.539. The van der Waals surface area contributed by atoms with Gasteiger partial charge in [-0.3, -0.25) is 0 Å². The van der Waals surface area contributed by atoms with E-state index in [1.54, 1.807) is 12.4 Å². The lowest BCUT2D eigenvalue weighted by Gasteiger charge is -2.04. The lowest BCUT2D eigenvalue weighted by atomic mass is 10.2. The van der Waals surface area contributed by atoms with Crippen LogP contribution in [-0.2, 0) is 6.61 Å². The number of ether oxygens (including phenoxy) is 1. The van der Waals surface area contributed by atoms with Gasteiger partial charge in [0, 0.05) is 6.07 Å². The minimum Gasteiger partial charge on any atom is -0.483 e. The molecule has 16 heavy (non-hydrogen) atoms. The van der Waals surface area contributed by atoms with Crippen LogP contribution in [0.1, 0.15) is 5.56 Å². The van der Waals surface area contributed by atoms with Crippen molar-refractivity contribution in [2.45, 2.75) is 6.61 Å². The third-order valence-electron chi connectivity index (χ3n) is 2.08. The van der Waals surface area contributed by atoms with Gasteiger partial charge in [-0.05, 0) is 21.5 Å². The highest BCUT2D eigenvalue weighted by Crippen LogP contribution is 2.15. The van der Waals surface area contributed by atoms with Crippen LogP contribution < -0.4 is 15.3 Å². The Morgan fingerprint density at radius 3 is 2.62 bits per heavy atom. The highest BCUT2D eigenvalue weighted by molar-refractivity contribution is 9.10. The van der Waals surface area contributed by atoms with E-state index in [0.29, 0.717) is 6.61 Å². The third kappa shape index (κ3) is 2.97. The number of pyridine rings is 1. The number of nitrogen functional groups attached to an aromatic ring is 1. The average Bonchev–Trinajstić information content (AvgIpc) is 2.27. The van der Waals surface area contributed by atoms with Gasteiger partial charge < -0.3 is 4.74 Å². The van der Waals surface area contributed by atoms with E-state index in [2.05, 4.69) is 15.9 Å². The normalized spacial score (nSPS) is 10.1. The van der Waals surface area contributed by atoms with Crippen molar-refractivity contribution < 1.29 is 9.41 Å². The number of aromatic nitrogens is 1. The lowest BCUT2D eigenvalue weighted by Crippen LogP contribution is -2.43. The van der Waals surface area contributed by atoms with E-state index in [0.717, 1.165) is 15.8 Å². The Morgan fingerprint density at radius 1 is 1.19 bits per heavy atom. The summed E-state index contributed by atoms with van der Waals surface area (Å²) in [4.78, 5) is 0. The van der Waals surface area contributed by atoms with Crippen molar-refractivity contribution in [2.75, 3.05) is 5.84 Å². The summed E-state index contributed by atoms with van der Waals surface area (Å²) < 4.78 is 7.97. The predicted octanol–water partition coefficient (Wildman–Crippen LogP) is 2.03. The van der Waals surface area contributed by atoms with Crippen LogP contribution in [0.3, 0.4) is 0 Å².